The van der Waals surface area contributed by atoms with Crippen LogP contribution in [0.2, 0.25) is 0 Å². The minimum Gasteiger partial charge on any atom is -0.344 e. The van der Waals surface area contributed by atoms with Gasteiger partial charge in [0.25, 0.3) is 0 Å². The monoisotopic (exact) mass is 1230 g/mol. The first-order valence-corrected chi connectivity index (χ1v) is 33.0. The number of benzene rings is 18. The predicted molar refractivity (Wildman–Crippen MR) is 413 cm³/mol. The Balaban J connectivity index is 0.000000146. The Morgan fingerprint density at radius 1 is 0.167 bits per heavy atom. The van der Waals surface area contributed by atoms with Gasteiger partial charge >= 0.3 is 0 Å². The first kappa shape index (κ1) is 57.4. The zero-order valence-electron chi connectivity index (χ0n) is 53.4. The standard InChI is InChI=1S/C49H34N2.C43H32N2/c1-50(47-31-30-45-43-17-8-13-36-12-7-16-42(48(36)43)44-18-9-19-46(47)49(44)45)38-25-20-34(21-26-38)35-22-27-40(28-23-35)51(39-14-3-2-4-15-39)41-29-24-33-10-5-6-11-37(33)32-41;1-44(43-30-35-13-7-8-16-40(35)41-17-9-10-18-42(41)43)36-24-19-32(20-25-36)33-21-26-38(27-22-33)45(37-14-3-2-4-15-37)39-28-23-31-11-5-6-12-34(31)29-39/h2-32H,1H3;2-30H,1H3. The summed E-state index contributed by atoms with van der Waals surface area (Å²) in [6, 6.07) is 132. The topological polar surface area (TPSA) is 13.0 Å². The number of hydrogen-bond acceptors (Lipinski definition) is 4. The van der Waals surface area contributed by atoms with Crippen LogP contribution in [0.4, 0.5) is 56.9 Å². The van der Waals surface area contributed by atoms with Crippen LogP contribution < -0.4 is 19.6 Å². The second-order valence-electron chi connectivity index (χ2n) is 24.9. The molecule has 0 saturated heterocycles. The van der Waals surface area contributed by atoms with Gasteiger partial charge in [0, 0.05) is 81.7 Å². The zero-order chi connectivity index (χ0) is 64.1. The number of para-hydroxylation sites is 2. The molecule has 4 heteroatoms. The van der Waals surface area contributed by atoms with Crippen molar-refractivity contribution in [3.63, 3.8) is 0 Å². The number of fused-ring (bicyclic) bond motifs is 7. The molecule has 0 radical (unpaired) electrons. The third-order valence-electron chi connectivity index (χ3n) is 19.4. The van der Waals surface area contributed by atoms with Gasteiger partial charge < -0.3 is 19.6 Å². The van der Waals surface area contributed by atoms with Crippen LogP contribution in [0.1, 0.15) is 0 Å². The second-order valence-corrected chi connectivity index (χ2v) is 24.9. The lowest BCUT2D eigenvalue weighted by atomic mass is 9.89. The van der Waals surface area contributed by atoms with Gasteiger partial charge in [0.1, 0.15) is 0 Å². The van der Waals surface area contributed by atoms with Crippen LogP contribution in [0.25, 0.3) is 108 Å². The van der Waals surface area contributed by atoms with E-state index in [9.17, 15) is 0 Å². The smallest absolute Gasteiger partial charge is 0.0494 e. The fraction of sp³-hybridized carbons (Fsp3) is 0.0217. The summed E-state index contributed by atoms with van der Waals surface area (Å²) < 4.78 is 0. The van der Waals surface area contributed by atoms with Gasteiger partial charge in [-0.1, -0.05) is 255 Å². The molecule has 0 atom stereocenters. The molecule has 0 fully saturated rings. The van der Waals surface area contributed by atoms with Crippen LogP contribution in [0, 0.1) is 0 Å². The summed E-state index contributed by atoms with van der Waals surface area (Å²) in [7, 11) is 4.33. The maximum atomic E-state index is 2.33. The van der Waals surface area contributed by atoms with Crippen LogP contribution in [-0.2, 0) is 0 Å². The number of hydrogen-bond donors (Lipinski definition) is 0. The SMILES string of the molecule is CN(c1ccc(-c2ccc(N(c3ccccc3)c3ccc4ccccc4c3)cc2)cc1)c1cc2ccccc2c2ccccc12.CN(c1ccc(-c2ccc(N(c3ccccc3)c3ccc4ccccc4c3)cc2)cc1)c1ccc2c3cccc4cccc(c5cccc1c52)c43. The Bertz CT molecular complexity index is 5800. The van der Waals surface area contributed by atoms with Gasteiger partial charge in [-0.3, -0.25) is 0 Å². The first-order chi connectivity index (χ1) is 47.4. The van der Waals surface area contributed by atoms with E-state index in [1.54, 1.807) is 0 Å². The van der Waals surface area contributed by atoms with Crippen molar-refractivity contribution >= 4 is 143 Å². The van der Waals surface area contributed by atoms with Crippen molar-refractivity contribution in [3.8, 4) is 22.3 Å². The van der Waals surface area contributed by atoms with E-state index in [1.165, 1.54) is 120 Å². The number of nitrogens with zero attached hydrogens (tertiary/aromatic N) is 4. The van der Waals surface area contributed by atoms with Crippen LogP contribution in [-0.4, -0.2) is 14.1 Å². The van der Waals surface area contributed by atoms with Crippen molar-refractivity contribution in [2.45, 2.75) is 0 Å². The maximum Gasteiger partial charge on any atom is 0.0494 e. The van der Waals surface area contributed by atoms with Crippen molar-refractivity contribution in [2.75, 3.05) is 33.7 Å². The van der Waals surface area contributed by atoms with Gasteiger partial charge in [-0.15, -0.1) is 0 Å². The molecule has 4 nitrogen and oxygen atoms in total. The van der Waals surface area contributed by atoms with Crippen molar-refractivity contribution in [1.29, 1.82) is 0 Å². The van der Waals surface area contributed by atoms with E-state index in [4.69, 9.17) is 0 Å². The Labute approximate surface area is 559 Å². The van der Waals surface area contributed by atoms with Crippen LogP contribution in [0.15, 0.2) is 364 Å². The highest BCUT2D eigenvalue weighted by molar-refractivity contribution is 6.34. The highest BCUT2D eigenvalue weighted by atomic mass is 15.1. The van der Waals surface area contributed by atoms with E-state index in [0.29, 0.717) is 0 Å². The molecule has 0 aliphatic rings. The van der Waals surface area contributed by atoms with Gasteiger partial charge in [0.15, 0.2) is 0 Å². The molecule has 0 bridgehead atoms. The molecule has 0 heterocycles. The van der Waals surface area contributed by atoms with E-state index in [2.05, 4.69) is 398 Å². The van der Waals surface area contributed by atoms with Crippen LogP contribution in [0.5, 0.6) is 0 Å². The molecule has 18 aromatic carbocycles. The minimum absolute atomic E-state index is 1.12. The molecule has 0 aliphatic carbocycles. The molecule has 0 aromatic heterocycles. The van der Waals surface area contributed by atoms with Gasteiger partial charge in [-0.2, -0.15) is 0 Å². The zero-order valence-corrected chi connectivity index (χ0v) is 53.4. The molecule has 96 heavy (non-hydrogen) atoms. The lowest BCUT2D eigenvalue weighted by Crippen LogP contribution is -2.10. The lowest BCUT2D eigenvalue weighted by Gasteiger charge is -2.26. The normalized spacial score (nSPS) is 11.4. The molecule has 0 spiro atoms. The quantitative estimate of drug-likeness (QED) is 0.0893. The summed E-state index contributed by atoms with van der Waals surface area (Å²) >= 11 is 0. The molecule has 18 rings (SSSR count). The van der Waals surface area contributed by atoms with Gasteiger partial charge in [-0.05, 0) is 207 Å². The average molecular weight is 1230 g/mol. The van der Waals surface area contributed by atoms with Crippen LogP contribution in [0.3, 0.4) is 0 Å². The molecule has 0 aliphatic heterocycles. The van der Waals surface area contributed by atoms with E-state index >= 15 is 0 Å². The molecular weight excluding hydrogens is 1160 g/mol. The number of anilines is 10. The summed E-state index contributed by atoms with van der Waals surface area (Å²) in [6.07, 6.45) is 0. The van der Waals surface area contributed by atoms with Crippen molar-refractivity contribution in [3.05, 3.63) is 364 Å². The second kappa shape index (κ2) is 24.5. The molecule has 0 saturated carbocycles. The summed E-state index contributed by atoms with van der Waals surface area (Å²) in [6.45, 7) is 0. The maximum absolute atomic E-state index is 2.33. The fourth-order valence-electron chi connectivity index (χ4n) is 14.6. The van der Waals surface area contributed by atoms with Crippen LogP contribution >= 0.6 is 0 Å². The molecule has 18 aromatic rings. The largest absolute Gasteiger partial charge is 0.344 e. The molecule has 0 unspecified atom stereocenters. The Hall–Kier alpha value is -12.5. The number of rotatable bonds is 12. The summed E-state index contributed by atoms with van der Waals surface area (Å²) in [4.78, 5) is 9.26. The lowest BCUT2D eigenvalue weighted by molar-refractivity contribution is 1.22. The Morgan fingerprint density at radius 2 is 0.500 bits per heavy atom. The van der Waals surface area contributed by atoms with E-state index < -0.39 is 0 Å². The fourth-order valence-corrected chi connectivity index (χ4v) is 14.6. The first-order valence-electron chi connectivity index (χ1n) is 33.0. The third kappa shape index (κ3) is 10.5. The predicted octanol–water partition coefficient (Wildman–Crippen LogP) is 25.8. The summed E-state index contributed by atoms with van der Waals surface area (Å²) in [5.41, 5.74) is 16.3. The molecule has 0 amide bonds. The van der Waals surface area contributed by atoms with Crippen molar-refractivity contribution in [2.24, 2.45) is 0 Å². The third-order valence-corrected chi connectivity index (χ3v) is 19.4. The minimum atomic E-state index is 1.12. The molecule has 0 N–H and O–H groups in total. The Kier molecular flexibility index (Phi) is 14.7. The van der Waals surface area contributed by atoms with E-state index in [-0.39, 0.29) is 0 Å². The van der Waals surface area contributed by atoms with Gasteiger partial charge in [0.05, 0.1) is 0 Å². The van der Waals surface area contributed by atoms with Crippen molar-refractivity contribution < 1.29 is 0 Å². The summed E-state index contributed by atoms with van der Waals surface area (Å²) in [5.74, 6) is 0. The van der Waals surface area contributed by atoms with E-state index in [1.807, 2.05) is 0 Å². The van der Waals surface area contributed by atoms with Gasteiger partial charge in [0.2, 0.25) is 0 Å². The highest BCUT2D eigenvalue weighted by Gasteiger charge is 2.20. The summed E-state index contributed by atoms with van der Waals surface area (Å²) in [5, 5.41) is 20.5. The highest BCUT2D eigenvalue weighted by Crippen LogP contribution is 2.46. The van der Waals surface area contributed by atoms with Crippen molar-refractivity contribution in [1.82, 2.24) is 0 Å². The average Bonchev–Trinajstić information content (AvgIpc) is 0.724. The van der Waals surface area contributed by atoms with E-state index in [0.717, 1.165) is 45.5 Å². The molecular formula is C92H66N4. The Morgan fingerprint density at radius 3 is 1.00 bits per heavy atom. The van der Waals surface area contributed by atoms with Gasteiger partial charge in [-0.25, -0.2) is 0 Å². The molecule has 454 valence electrons.